The molecule has 0 radical (unpaired) electrons. The first-order valence-corrected chi connectivity index (χ1v) is 14.1. The van der Waals surface area contributed by atoms with Crippen molar-refractivity contribution in [1.29, 1.82) is 0 Å². The molecular formula is C28H45N5O7. The number of piperidine rings is 1. The molecule has 2 saturated heterocycles. The summed E-state index contributed by atoms with van der Waals surface area (Å²) in [6, 6.07) is 8.39. The lowest BCUT2D eigenvalue weighted by Gasteiger charge is -2.31. The Morgan fingerprint density at radius 2 is 1.73 bits per heavy atom. The minimum Gasteiger partial charge on any atom is -0.445 e. The summed E-state index contributed by atoms with van der Waals surface area (Å²) >= 11 is 0. The van der Waals surface area contributed by atoms with Crippen LogP contribution in [0.1, 0.15) is 24.8 Å². The van der Waals surface area contributed by atoms with Crippen LogP contribution in [0.5, 0.6) is 0 Å². The molecule has 40 heavy (non-hydrogen) atoms. The summed E-state index contributed by atoms with van der Waals surface area (Å²) in [6.45, 7) is 5.51. The maximum absolute atomic E-state index is 13.3. The molecule has 2 aliphatic heterocycles. The number of aliphatic hydroxyl groups is 1. The van der Waals surface area contributed by atoms with Crippen molar-refractivity contribution < 1.29 is 33.7 Å². The molecule has 1 aromatic carbocycles. The molecule has 2 aliphatic rings. The monoisotopic (exact) mass is 563 g/mol. The van der Waals surface area contributed by atoms with Crippen molar-refractivity contribution >= 4 is 17.9 Å². The van der Waals surface area contributed by atoms with E-state index in [4.69, 9.17) is 14.2 Å². The van der Waals surface area contributed by atoms with Crippen molar-refractivity contribution in [3.8, 4) is 0 Å². The summed E-state index contributed by atoms with van der Waals surface area (Å²) in [6.07, 6.45) is 1.23. The Bertz CT molecular complexity index is 910. The number of benzene rings is 1. The molecule has 0 aromatic heterocycles. The third-order valence-electron chi connectivity index (χ3n) is 7.05. The molecule has 0 aliphatic carbocycles. The molecule has 0 saturated carbocycles. The third-order valence-corrected chi connectivity index (χ3v) is 7.05. The van der Waals surface area contributed by atoms with Gasteiger partial charge in [-0.1, -0.05) is 30.3 Å². The predicted octanol–water partition coefficient (Wildman–Crippen LogP) is 0.351. The summed E-state index contributed by atoms with van der Waals surface area (Å²) < 4.78 is 16.5. The lowest BCUT2D eigenvalue weighted by Crippen LogP contribution is -2.55. The first-order chi connectivity index (χ1) is 19.3. The second-order valence-corrected chi connectivity index (χ2v) is 10.3. The minimum atomic E-state index is -1.22. The van der Waals surface area contributed by atoms with Gasteiger partial charge in [0.15, 0.2) is 0 Å². The number of morpholine rings is 1. The van der Waals surface area contributed by atoms with Gasteiger partial charge in [-0.3, -0.25) is 19.8 Å². The zero-order chi connectivity index (χ0) is 28.7. The standard InChI is InChI=1S/C28H45N5O7/c1-30(20-26(35)33-11-7-4-8-12-33)27(36)24(22-39-18-15-32-13-16-38-17-14-32)29-25(34)19-31(2)28(37)40-21-23-9-5-3-6-10-23/h3,5-6,9-10,24-25,29,34H,4,7-8,11-22H2,1-2H3/t24-,25?/m0/s1. The van der Waals surface area contributed by atoms with Crippen molar-refractivity contribution in [2.24, 2.45) is 0 Å². The summed E-state index contributed by atoms with van der Waals surface area (Å²) in [7, 11) is 3.09. The van der Waals surface area contributed by atoms with E-state index in [1.807, 2.05) is 30.3 Å². The van der Waals surface area contributed by atoms with E-state index in [0.717, 1.165) is 37.9 Å². The Kier molecular flexibility index (Phi) is 13.6. The zero-order valence-corrected chi connectivity index (χ0v) is 23.8. The van der Waals surface area contributed by atoms with Crippen LogP contribution in [0.2, 0.25) is 0 Å². The number of hydrogen-bond donors (Lipinski definition) is 2. The van der Waals surface area contributed by atoms with Crippen LogP contribution in [-0.4, -0.2) is 141 Å². The fraction of sp³-hybridized carbons (Fsp3) is 0.679. The van der Waals surface area contributed by atoms with Crippen molar-refractivity contribution in [3.05, 3.63) is 35.9 Å². The molecule has 0 spiro atoms. The van der Waals surface area contributed by atoms with E-state index in [-0.39, 0.29) is 38.1 Å². The highest BCUT2D eigenvalue weighted by atomic mass is 16.6. The fourth-order valence-corrected chi connectivity index (χ4v) is 4.65. The predicted molar refractivity (Wildman–Crippen MR) is 148 cm³/mol. The fourth-order valence-electron chi connectivity index (χ4n) is 4.65. The smallest absolute Gasteiger partial charge is 0.409 e. The van der Waals surface area contributed by atoms with Gasteiger partial charge in [-0.05, 0) is 24.8 Å². The number of likely N-dealkylation sites (N-methyl/N-ethyl adjacent to an activating group) is 2. The van der Waals surface area contributed by atoms with Gasteiger partial charge in [-0.2, -0.15) is 0 Å². The average Bonchev–Trinajstić information content (AvgIpc) is 2.98. The van der Waals surface area contributed by atoms with E-state index >= 15 is 0 Å². The van der Waals surface area contributed by atoms with Crippen LogP contribution in [0.25, 0.3) is 0 Å². The Labute approximate surface area is 237 Å². The van der Waals surface area contributed by atoms with Crippen molar-refractivity contribution in [2.75, 3.05) is 86.3 Å². The van der Waals surface area contributed by atoms with Gasteiger partial charge in [0, 0.05) is 46.8 Å². The molecule has 2 N–H and O–H groups in total. The zero-order valence-electron chi connectivity index (χ0n) is 23.8. The van der Waals surface area contributed by atoms with Crippen LogP contribution in [0.4, 0.5) is 4.79 Å². The molecule has 1 unspecified atom stereocenters. The lowest BCUT2D eigenvalue weighted by molar-refractivity contribution is -0.142. The van der Waals surface area contributed by atoms with E-state index in [2.05, 4.69) is 10.2 Å². The number of carbonyl (C=O) groups excluding carboxylic acids is 3. The second kappa shape index (κ2) is 17.1. The largest absolute Gasteiger partial charge is 0.445 e. The molecule has 2 fully saturated rings. The third kappa shape index (κ3) is 11.0. The molecule has 12 nitrogen and oxygen atoms in total. The van der Waals surface area contributed by atoms with Gasteiger partial charge in [-0.25, -0.2) is 4.79 Å². The summed E-state index contributed by atoms with van der Waals surface area (Å²) in [5, 5.41) is 13.6. The molecule has 2 atom stereocenters. The van der Waals surface area contributed by atoms with Crippen LogP contribution in [0.15, 0.2) is 30.3 Å². The van der Waals surface area contributed by atoms with Crippen LogP contribution >= 0.6 is 0 Å². The van der Waals surface area contributed by atoms with E-state index in [1.165, 1.54) is 16.8 Å². The number of nitrogens with one attached hydrogen (secondary N) is 1. The van der Waals surface area contributed by atoms with E-state index in [0.29, 0.717) is 39.5 Å². The number of rotatable bonds is 14. The molecule has 3 amide bonds. The van der Waals surface area contributed by atoms with Crippen molar-refractivity contribution in [2.45, 2.75) is 38.1 Å². The number of aliphatic hydroxyl groups excluding tert-OH is 1. The highest BCUT2D eigenvalue weighted by Crippen LogP contribution is 2.10. The van der Waals surface area contributed by atoms with Gasteiger partial charge in [0.05, 0.1) is 39.5 Å². The average molecular weight is 564 g/mol. The maximum Gasteiger partial charge on any atom is 0.409 e. The van der Waals surface area contributed by atoms with Gasteiger partial charge in [0.2, 0.25) is 11.8 Å². The SMILES string of the molecule is CN(CC(O)N[C@@H](COCCN1CCOCC1)C(=O)N(C)CC(=O)N1CCCCC1)C(=O)OCc1ccccc1. The van der Waals surface area contributed by atoms with Gasteiger partial charge in [-0.15, -0.1) is 0 Å². The maximum atomic E-state index is 13.3. The number of carbonyl (C=O) groups is 3. The van der Waals surface area contributed by atoms with Gasteiger partial charge < -0.3 is 34.0 Å². The topological polar surface area (TPSA) is 124 Å². The van der Waals surface area contributed by atoms with Crippen molar-refractivity contribution in [1.82, 2.24) is 24.9 Å². The summed E-state index contributed by atoms with van der Waals surface area (Å²) in [4.78, 5) is 45.1. The normalized spacial score (nSPS) is 17.6. The first kappa shape index (κ1) is 31.8. The molecule has 224 valence electrons. The molecule has 1 aromatic rings. The van der Waals surface area contributed by atoms with Crippen LogP contribution in [0.3, 0.4) is 0 Å². The minimum absolute atomic E-state index is 0.00461. The number of likely N-dealkylation sites (tertiary alicyclic amines) is 1. The second-order valence-electron chi connectivity index (χ2n) is 10.3. The summed E-state index contributed by atoms with van der Waals surface area (Å²) in [5.74, 6) is -0.464. The Balaban J connectivity index is 1.51. The van der Waals surface area contributed by atoms with Crippen LogP contribution < -0.4 is 5.32 Å². The molecule has 12 heteroatoms. The number of amides is 3. The van der Waals surface area contributed by atoms with Crippen LogP contribution in [-0.2, 0) is 30.4 Å². The summed E-state index contributed by atoms with van der Waals surface area (Å²) in [5.41, 5.74) is 0.852. The Morgan fingerprint density at radius 1 is 1.02 bits per heavy atom. The van der Waals surface area contributed by atoms with E-state index in [9.17, 15) is 19.5 Å². The number of nitrogens with zero attached hydrogens (tertiary/aromatic N) is 4. The molecule has 0 bridgehead atoms. The molecule has 3 rings (SSSR count). The van der Waals surface area contributed by atoms with Gasteiger partial charge >= 0.3 is 6.09 Å². The highest BCUT2D eigenvalue weighted by molar-refractivity contribution is 5.87. The lowest BCUT2D eigenvalue weighted by atomic mass is 10.1. The van der Waals surface area contributed by atoms with Gasteiger partial charge in [0.25, 0.3) is 0 Å². The Morgan fingerprint density at radius 3 is 2.42 bits per heavy atom. The molecule has 2 heterocycles. The number of hydrogen-bond acceptors (Lipinski definition) is 9. The van der Waals surface area contributed by atoms with E-state index < -0.39 is 18.4 Å². The van der Waals surface area contributed by atoms with Crippen LogP contribution in [0, 0.1) is 0 Å². The van der Waals surface area contributed by atoms with E-state index in [1.54, 1.807) is 11.9 Å². The van der Waals surface area contributed by atoms with Crippen molar-refractivity contribution in [3.63, 3.8) is 0 Å². The number of ether oxygens (including phenoxy) is 3. The quantitative estimate of drug-likeness (QED) is 0.244. The Hall–Kier alpha value is -2.77. The molecular weight excluding hydrogens is 518 g/mol. The van der Waals surface area contributed by atoms with Gasteiger partial charge in [0.1, 0.15) is 18.9 Å². The highest BCUT2D eigenvalue weighted by Gasteiger charge is 2.28. The first-order valence-electron chi connectivity index (χ1n) is 14.1.